The fourth-order valence-electron chi connectivity index (χ4n) is 1.60. The van der Waals surface area contributed by atoms with Gasteiger partial charge in [-0.25, -0.2) is 13.8 Å². The molecule has 0 bridgehead atoms. The first kappa shape index (κ1) is 13.1. The van der Waals surface area contributed by atoms with Gasteiger partial charge in [-0.05, 0) is 18.6 Å². The first-order chi connectivity index (χ1) is 8.61. The quantitative estimate of drug-likeness (QED) is 0.923. The van der Waals surface area contributed by atoms with Crippen LogP contribution in [0, 0.1) is 11.6 Å². The van der Waals surface area contributed by atoms with Crippen molar-refractivity contribution in [3.63, 3.8) is 0 Å². The van der Waals surface area contributed by atoms with E-state index < -0.39 is 11.6 Å². The highest BCUT2D eigenvalue weighted by molar-refractivity contribution is 7.09. The van der Waals surface area contributed by atoms with Crippen LogP contribution in [0.5, 0.6) is 0 Å². The summed E-state index contributed by atoms with van der Waals surface area (Å²) in [6.45, 7) is 2.01. The molecule has 5 heteroatoms. The van der Waals surface area contributed by atoms with E-state index in [1.54, 1.807) is 5.38 Å². The molecule has 0 aliphatic heterocycles. The van der Waals surface area contributed by atoms with E-state index in [1.165, 1.54) is 23.5 Å². The molecule has 0 amide bonds. The standard InChI is InChI=1S/C13H14F2N2S/c1-2-8(16)6-12-17-11(7-18-12)9-4-3-5-10(14)13(9)15/h3-5,7-8H,2,6,16H2,1H3. The maximum atomic E-state index is 13.6. The van der Waals surface area contributed by atoms with E-state index in [2.05, 4.69) is 4.98 Å². The summed E-state index contributed by atoms with van der Waals surface area (Å²) in [4.78, 5) is 4.30. The molecule has 0 aliphatic rings. The van der Waals surface area contributed by atoms with E-state index in [-0.39, 0.29) is 11.6 Å². The topological polar surface area (TPSA) is 38.9 Å². The van der Waals surface area contributed by atoms with Crippen LogP contribution in [0.2, 0.25) is 0 Å². The first-order valence-corrected chi connectivity index (χ1v) is 6.64. The van der Waals surface area contributed by atoms with Crippen LogP contribution in [0.25, 0.3) is 11.3 Å². The van der Waals surface area contributed by atoms with E-state index in [1.807, 2.05) is 6.92 Å². The van der Waals surface area contributed by atoms with E-state index in [0.29, 0.717) is 12.1 Å². The lowest BCUT2D eigenvalue weighted by Gasteiger charge is -2.04. The molecule has 0 saturated heterocycles. The molecular formula is C13H14F2N2S. The molecule has 0 spiro atoms. The number of halogens is 2. The maximum absolute atomic E-state index is 13.6. The first-order valence-electron chi connectivity index (χ1n) is 5.76. The lowest BCUT2D eigenvalue weighted by Crippen LogP contribution is -2.21. The Kier molecular flexibility index (Phi) is 4.04. The number of benzene rings is 1. The largest absolute Gasteiger partial charge is 0.327 e. The molecule has 0 radical (unpaired) electrons. The van der Waals surface area contributed by atoms with Crippen molar-refractivity contribution < 1.29 is 8.78 Å². The van der Waals surface area contributed by atoms with Crippen molar-refractivity contribution >= 4 is 11.3 Å². The Bertz CT molecular complexity index is 540. The number of hydrogen-bond acceptors (Lipinski definition) is 3. The lowest BCUT2D eigenvalue weighted by molar-refractivity contribution is 0.511. The molecule has 0 fully saturated rings. The number of nitrogens with zero attached hydrogens (tertiary/aromatic N) is 1. The van der Waals surface area contributed by atoms with E-state index in [9.17, 15) is 8.78 Å². The molecular weight excluding hydrogens is 254 g/mol. The van der Waals surface area contributed by atoms with Crippen LogP contribution in [-0.4, -0.2) is 11.0 Å². The molecule has 18 heavy (non-hydrogen) atoms. The average Bonchev–Trinajstić information content (AvgIpc) is 2.80. The molecule has 0 saturated carbocycles. The van der Waals surface area contributed by atoms with Crippen molar-refractivity contribution in [3.05, 3.63) is 40.2 Å². The van der Waals surface area contributed by atoms with Gasteiger partial charge in [0, 0.05) is 23.4 Å². The highest BCUT2D eigenvalue weighted by Crippen LogP contribution is 2.26. The molecule has 2 nitrogen and oxygen atoms in total. The van der Waals surface area contributed by atoms with Crippen molar-refractivity contribution in [3.8, 4) is 11.3 Å². The van der Waals surface area contributed by atoms with Gasteiger partial charge in [0.05, 0.1) is 10.7 Å². The molecule has 2 N–H and O–H groups in total. The molecule has 1 unspecified atom stereocenters. The normalized spacial score (nSPS) is 12.7. The zero-order valence-corrected chi connectivity index (χ0v) is 10.8. The van der Waals surface area contributed by atoms with Crippen LogP contribution in [0.1, 0.15) is 18.4 Å². The molecule has 1 atom stereocenters. The third-order valence-electron chi connectivity index (χ3n) is 2.74. The Hall–Kier alpha value is -1.33. The van der Waals surface area contributed by atoms with E-state index >= 15 is 0 Å². The van der Waals surface area contributed by atoms with Gasteiger partial charge in [0.2, 0.25) is 0 Å². The van der Waals surface area contributed by atoms with Gasteiger partial charge in [-0.1, -0.05) is 13.0 Å². The van der Waals surface area contributed by atoms with Gasteiger partial charge in [-0.15, -0.1) is 11.3 Å². The predicted octanol–water partition coefficient (Wildman–Crippen LogP) is 3.37. The van der Waals surface area contributed by atoms with Crippen molar-refractivity contribution in [2.45, 2.75) is 25.8 Å². The minimum Gasteiger partial charge on any atom is -0.327 e. The molecule has 2 aromatic rings. The Morgan fingerprint density at radius 2 is 2.17 bits per heavy atom. The summed E-state index contributed by atoms with van der Waals surface area (Å²) in [5.74, 6) is -1.71. The Morgan fingerprint density at radius 3 is 2.89 bits per heavy atom. The second-order valence-corrected chi connectivity index (χ2v) is 5.04. The van der Waals surface area contributed by atoms with Crippen molar-refractivity contribution in [1.29, 1.82) is 0 Å². The van der Waals surface area contributed by atoms with Gasteiger partial charge in [0.25, 0.3) is 0 Å². The fraction of sp³-hybridized carbons (Fsp3) is 0.308. The Labute approximate surface area is 108 Å². The minimum absolute atomic E-state index is 0.0568. The number of thiazole rings is 1. The van der Waals surface area contributed by atoms with Crippen molar-refractivity contribution in [1.82, 2.24) is 4.98 Å². The van der Waals surface area contributed by atoms with Crippen LogP contribution in [-0.2, 0) is 6.42 Å². The van der Waals surface area contributed by atoms with Gasteiger partial charge in [-0.3, -0.25) is 0 Å². The highest BCUT2D eigenvalue weighted by Gasteiger charge is 2.13. The number of rotatable bonds is 4. The van der Waals surface area contributed by atoms with E-state index in [0.717, 1.165) is 17.5 Å². The van der Waals surface area contributed by atoms with Gasteiger partial charge in [0.1, 0.15) is 0 Å². The predicted molar refractivity (Wildman–Crippen MR) is 69.4 cm³/mol. The highest BCUT2D eigenvalue weighted by atomic mass is 32.1. The maximum Gasteiger partial charge on any atom is 0.168 e. The summed E-state index contributed by atoms with van der Waals surface area (Å²) in [5, 5.41) is 2.58. The van der Waals surface area contributed by atoms with Crippen molar-refractivity contribution in [2.24, 2.45) is 5.73 Å². The smallest absolute Gasteiger partial charge is 0.168 e. The molecule has 1 aromatic carbocycles. The van der Waals surface area contributed by atoms with Gasteiger partial charge in [0.15, 0.2) is 11.6 Å². The monoisotopic (exact) mass is 268 g/mol. The summed E-state index contributed by atoms with van der Waals surface area (Å²) in [5.41, 5.74) is 6.50. The third-order valence-corrected chi connectivity index (χ3v) is 3.61. The second-order valence-electron chi connectivity index (χ2n) is 4.10. The SMILES string of the molecule is CCC(N)Cc1nc(-c2cccc(F)c2F)cs1. The van der Waals surface area contributed by atoms with Crippen LogP contribution < -0.4 is 5.73 Å². The number of nitrogens with two attached hydrogens (primary N) is 1. The third kappa shape index (κ3) is 2.73. The zero-order valence-electron chi connectivity index (χ0n) is 9.99. The van der Waals surface area contributed by atoms with Crippen LogP contribution in [0.15, 0.2) is 23.6 Å². The van der Waals surface area contributed by atoms with Crippen molar-refractivity contribution in [2.75, 3.05) is 0 Å². The summed E-state index contributed by atoms with van der Waals surface area (Å²) < 4.78 is 26.7. The number of hydrogen-bond donors (Lipinski definition) is 1. The summed E-state index contributed by atoms with van der Waals surface area (Å²) >= 11 is 1.42. The summed E-state index contributed by atoms with van der Waals surface area (Å²) in [6.07, 6.45) is 1.53. The van der Waals surface area contributed by atoms with Gasteiger partial charge in [-0.2, -0.15) is 0 Å². The van der Waals surface area contributed by atoms with Crippen LogP contribution in [0.3, 0.4) is 0 Å². The molecule has 0 aliphatic carbocycles. The molecule has 1 aromatic heterocycles. The van der Waals surface area contributed by atoms with Gasteiger partial charge >= 0.3 is 0 Å². The average molecular weight is 268 g/mol. The van der Waals surface area contributed by atoms with Crippen LogP contribution >= 0.6 is 11.3 Å². The number of aromatic nitrogens is 1. The zero-order chi connectivity index (χ0) is 13.1. The summed E-state index contributed by atoms with van der Waals surface area (Å²) in [6, 6.07) is 4.15. The second kappa shape index (κ2) is 5.54. The Balaban J connectivity index is 2.27. The molecule has 1 heterocycles. The summed E-state index contributed by atoms with van der Waals surface area (Å²) in [7, 11) is 0. The molecule has 2 rings (SSSR count). The van der Waals surface area contributed by atoms with E-state index in [4.69, 9.17) is 5.73 Å². The lowest BCUT2D eigenvalue weighted by atomic mass is 10.1. The van der Waals surface area contributed by atoms with Gasteiger partial charge < -0.3 is 5.73 Å². The Morgan fingerprint density at radius 1 is 1.39 bits per heavy atom. The molecule has 96 valence electrons. The minimum atomic E-state index is -0.854. The fourth-order valence-corrected chi connectivity index (χ4v) is 2.49. The van der Waals surface area contributed by atoms with Crippen LogP contribution in [0.4, 0.5) is 8.78 Å².